The predicted molar refractivity (Wildman–Crippen MR) is 111 cm³/mol. The van der Waals surface area contributed by atoms with Crippen LogP contribution in [0.15, 0.2) is 53.9 Å². The second kappa shape index (κ2) is 9.37. The number of aryl methyl sites for hydroxylation is 1. The number of hydrogen-bond donors (Lipinski definition) is 0. The minimum absolute atomic E-state index is 0.223. The molecular weight excluding hydrogens is 374 g/mol. The molecule has 0 fully saturated rings. The van der Waals surface area contributed by atoms with Crippen LogP contribution in [0.1, 0.15) is 16.9 Å². The van der Waals surface area contributed by atoms with Gasteiger partial charge in [0.2, 0.25) is 0 Å². The number of carbonyl (C=O) groups excluding carboxylic acids is 2. The molecule has 146 valence electrons. The van der Waals surface area contributed by atoms with Crippen molar-refractivity contribution in [3.8, 4) is 5.75 Å². The van der Waals surface area contributed by atoms with Gasteiger partial charge in [-0.3, -0.25) is 9.59 Å². The summed E-state index contributed by atoms with van der Waals surface area (Å²) in [5.41, 5.74) is 1.01. The first-order valence-corrected chi connectivity index (χ1v) is 9.92. The average molecular weight is 397 g/mol. The lowest BCUT2D eigenvalue weighted by Crippen LogP contribution is -2.30. The zero-order chi connectivity index (χ0) is 19.9. The van der Waals surface area contributed by atoms with Crippen molar-refractivity contribution in [2.24, 2.45) is 0 Å². The number of hydrogen-bond acceptors (Lipinski definition) is 5. The zero-order valence-corrected chi connectivity index (χ0v) is 16.8. The highest BCUT2D eigenvalue weighted by Crippen LogP contribution is 2.22. The first kappa shape index (κ1) is 19.9. The van der Waals surface area contributed by atoms with E-state index < -0.39 is 0 Å². The Hall–Kier alpha value is -2.86. The number of amides is 1. The average Bonchev–Trinajstić information content (AvgIpc) is 3.23. The fourth-order valence-electron chi connectivity index (χ4n) is 2.87. The van der Waals surface area contributed by atoms with Crippen LogP contribution in [-0.4, -0.2) is 37.5 Å². The van der Waals surface area contributed by atoms with Gasteiger partial charge in [-0.15, -0.1) is 11.3 Å². The summed E-state index contributed by atoms with van der Waals surface area (Å²) in [6, 6.07) is 15.9. The molecule has 0 aliphatic carbocycles. The molecule has 1 heterocycles. The van der Waals surface area contributed by atoms with Crippen LogP contribution in [0.5, 0.6) is 5.75 Å². The third-order valence-electron chi connectivity index (χ3n) is 4.47. The molecule has 3 aromatic rings. The monoisotopic (exact) mass is 397 g/mol. The SMILES string of the molecule is COc1ccc2cc(CN(C)C(=O)COC(=O)CCc3cccs3)ccc2c1. The number of fused-ring (bicyclic) bond motifs is 1. The summed E-state index contributed by atoms with van der Waals surface area (Å²) in [5, 5.41) is 4.14. The van der Waals surface area contributed by atoms with Crippen LogP contribution in [0.4, 0.5) is 0 Å². The van der Waals surface area contributed by atoms with E-state index in [-0.39, 0.29) is 24.9 Å². The lowest BCUT2D eigenvalue weighted by Gasteiger charge is -2.17. The van der Waals surface area contributed by atoms with Gasteiger partial charge in [-0.25, -0.2) is 0 Å². The number of methoxy groups -OCH3 is 1. The summed E-state index contributed by atoms with van der Waals surface area (Å²) in [5.74, 6) is 0.238. The maximum absolute atomic E-state index is 12.3. The molecule has 1 amide bonds. The highest BCUT2D eigenvalue weighted by atomic mass is 32.1. The van der Waals surface area contributed by atoms with Crippen molar-refractivity contribution in [2.75, 3.05) is 20.8 Å². The molecule has 28 heavy (non-hydrogen) atoms. The van der Waals surface area contributed by atoms with Crippen molar-refractivity contribution >= 4 is 34.0 Å². The van der Waals surface area contributed by atoms with Gasteiger partial charge in [0.15, 0.2) is 6.61 Å². The number of carbonyl (C=O) groups is 2. The minimum atomic E-state index is -0.352. The summed E-state index contributed by atoms with van der Waals surface area (Å²) in [7, 11) is 3.35. The quantitative estimate of drug-likeness (QED) is 0.538. The fourth-order valence-corrected chi connectivity index (χ4v) is 3.57. The number of likely N-dealkylation sites (N-methyl/N-ethyl adjacent to an activating group) is 1. The van der Waals surface area contributed by atoms with Gasteiger partial charge in [0.25, 0.3) is 5.91 Å². The van der Waals surface area contributed by atoms with Crippen LogP contribution in [0.25, 0.3) is 10.8 Å². The molecule has 6 heteroatoms. The second-order valence-corrected chi connectivity index (χ2v) is 7.57. The molecule has 0 bridgehead atoms. The lowest BCUT2D eigenvalue weighted by atomic mass is 10.1. The minimum Gasteiger partial charge on any atom is -0.497 e. The van der Waals surface area contributed by atoms with Gasteiger partial charge in [-0.2, -0.15) is 0 Å². The zero-order valence-electron chi connectivity index (χ0n) is 16.0. The van der Waals surface area contributed by atoms with Crippen LogP contribution in [0.3, 0.4) is 0 Å². The summed E-state index contributed by atoms with van der Waals surface area (Å²) < 4.78 is 10.4. The van der Waals surface area contributed by atoms with Gasteiger partial charge in [-0.1, -0.05) is 24.3 Å². The Morgan fingerprint density at radius 3 is 2.61 bits per heavy atom. The molecule has 0 aliphatic rings. The normalized spacial score (nSPS) is 10.6. The van der Waals surface area contributed by atoms with Crippen LogP contribution >= 0.6 is 11.3 Å². The molecule has 0 saturated heterocycles. The lowest BCUT2D eigenvalue weighted by molar-refractivity contribution is -0.151. The predicted octanol–water partition coefficient (Wildman–Crippen LogP) is 4.04. The first-order valence-electron chi connectivity index (χ1n) is 9.04. The highest BCUT2D eigenvalue weighted by Gasteiger charge is 2.13. The van der Waals surface area contributed by atoms with E-state index in [1.165, 1.54) is 0 Å². The molecule has 3 rings (SSSR count). The molecule has 0 radical (unpaired) electrons. The van der Waals surface area contributed by atoms with E-state index >= 15 is 0 Å². The molecule has 0 unspecified atom stereocenters. The van der Waals surface area contributed by atoms with Gasteiger partial charge in [0.1, 0.15) is 5.75 Å². The van der Waals surface area contributed by atoms with Crippen molar-refractivity contribution in [1.82, 2.24) is 4.90 Å². The molecule has 0 N–H and O–H groups in total. The van der Waals surface area contributed by atoms with E-state index in [0.29, 0.717) is 13.0 Å². The van der Waals surface area contributed by atoms with Crippen molar-refractivity contribution in [1.29, 1.82) is 0 Å². The molecule has 0 spiro atoms. The Bertz CT molecular complexity index is 952. The molecule has 5 nitrogen and oxygen atoms in total. The number of thiophene rings is 1. The Morgan fingerprint density at radius 2 is 1.86 bits per heavy atom. The maximum atomic E-state index is 12.3. The van der Waals surface area contributed by atoms with Gasteiger partial charge in [0, 0.05) is 18.5 Å². The summed E-state index contributed by atoms with van der Waals surface area (Å²) in [6.45, 7) is 0.220. The number of nitrogens with zero attached hydrogens (tertiary/aromatic N) is 1. The van der Waals surface area contributed by atoms with Crippen molar-refractivity contribution < 1.29 is 19.1 Å². The molecule has 0 aliphatic heterocycles. The van der Waals surface area contributed by atoms with Crippen LogP contribution < -0.4 is 4.74 Å². The Kier molecular flexibility index (Phi) is 6.66. The number of esters is 1. The molecule has 2 aromatic carbocycles. The molecular formula is C22H23NO4S. The molecule has 0 atom stereocenters. The largest absolute Gasteiger partial charge is 0.497 e. The summed E-state index contributed by atoms with van der Waals surface area (Å²) in [4.78, 5) is 26.8. The van der Waals surface area contributed by atoms with Crippen molar-refractivity contribution in [2.45, 2.75) is 19.4 Å². The van der Waals surface area contributed by atoms with Crippen LogP contribution in [0.2, 0.25) is 0 Å². The third kappa shape index (κ3) is 5.33. The highest BCUT2D eigenvalue weighted by molar-refractivity contribution is 7.09. The van der Waals surface area contributed by atoms with Gasteiger partial charge < -0.3 is 14.4 Å². The summed E-state index contributed by atoms with van der Waals surface area (Å²) >= 11 is 1.61. The van der Waals surface area contributed by atoms with Gasteiger partial charge in [0.05, 0.1) is 13.5 Å². The number of rotatable bonds is 8. The smallest absolute Gasteiger partial charge is 0.306 e. The second-order valence-electron chi connectivity index (χ2n) is 6.54. The van der Waals surface area contributed by atoms with Crippen LogP contribution in [0, 0.1) is 0 Å². The maximum Gasteiger partial charge on any atom is 0.306 e. The molecule has 0 saturated carbocycles. The van der Waals surface area contributed by atoms with Crippen LogP contribution in [-0.2, 0) is 27.3 Å². The third-order valence-corrected chi connectivity index (χ3v) is 5.41. The Morgan fingerprint density at radius 1 is 1.07 bits per heavy atom. The Labute approximate surface area is 168 Å². The van der Waals surface area contributed by atoms with E-state index in [0.717, 1.165) is 27.0 Å². The van der Waals surface area contributed by atoms with Crippen molar-refractivity contribution in [3.63, 3.8) is 0 Å². The van der Waals surface area contributed by atoms with Gasteiger partial charge >= 0.3 is 5.97 Å². The number of benzene rings is 2. The fraction of sp³-hybridized carbons (Fsp3) is 0.273. The van der Waals surface area contributed by atoms with E-state index in [1.54, 1.807) is 30.4 Å². The Balaban J connectivity index is 1.49. The number of ether oxygens (including phenoxy) is 2. The van der Waals surface area contributed by atoms with Gasteiger partial charge in [-0.05, 0) is 52.4 Å². The van der Waals surface area contributed by atoms with E-state index in [9.17, 15) is 9.59 Å². The standard InChI is InChI=1S/C22H23NO4S/c1-23(21(24)15-27-22(25)10-9-20-4-3-11-28-20)14-16-5-6-18-13-19(26-2)8-7-17(18)12-16/h3-8,11-13H,9-10,14-15H2,1-2H3. The van der Waals surface area contributed by atoms with Crippen molar-refractivity contribution in [3.05, 3.63) is 64.4 Å². The molecule has 1 aromatic heterocycles. The summed E-state index contributed by atoms with van der Waals surface area (Å²) in [6.07, 6.45) is 0.925. The topological polar surface area (TPSA) is 55.8 Å². The van der Waals surface area contributed by atoms with E-state index in [2.05, 4.69) is 0 Å². The van der Waals surface area contributed by atoms with E-state index in [4.69, 9.17) is 9.47 Å². The first-order chi connectivity index (χ1) is 13.5. The van der Waals surface area contributed by atoms with E-state index in [1.807, 2.05) is 53.9 Å².